The third-order valence-corrected chi connectivity index (χ3v) is 3.86. The van der Waals surface area contributed by atoms with E-state index in [2.05, 4.69) is 12.2 Å². The zero-order chi connectivity index (χ0) is 9.97. The first-order valence-corrected chi connectivity index (χ1v) is 6.19. The Balaban J connectivity index is 1.67. The lowest BCUT2D eigenvalue weighted by Gasteiger charge is -2.29. The Morgan fingerprint density at radius 1 is 1.21 bits per heavy atom. The summed E-state index contributed by atoms with van der Waals surface area (Å²) in [5.74, 6) is 1.78. The fraction of sp³-hybridized carbons (Fsp3) is 1.00. The summed E-state index contributed by atoms with van der Waals surface area (Å²) in [5.41, 5.74) is 0. The first-order chi connectivity index (χ1) is 6.77. The van der Waals surface area contributed by atoms with Crippen molar-refractivity contribution in [2.24, 2.45) is 11.8 Å². The highest BCUT2D eigenvalue weighted by molar-refractivity contribution is 4.84. The molecule has 3 atom stereocenters. The topological polar surface area (TPSA) is 32.3 Å². The van der Waals surface area contributed by atoms with Crippen LogP contribution in [0.2, 0.25) is 0 Å². The maximum atomic E-state index is 9.77. The lowest BCUT2D eigenvalue weighted by Crippen LogP contribution is -2.43. The van der Waals surface area contributed by atoms with Gasteiger partial charge < -0.3 is 10.4 Å². The predicted octanol–water partition coefficient (Wildman–Crippen LogP) is 1.93. The molecule has 2 aliphatic carbocycles. The zero-order valence-corrected chi connectivity index (χ0v) is 9.21. The van der Waals surface area contributed by atoms with Crippen LogP contribution in [0.1, 0.15) is 45.4 Å². The van der Waals surface area contributed by atoms with Gasteiger partial charge in [0.2, 0.25) is 0 Å². The van der Waals surface area contributed by atoms with Gasteiger partial charge in [-0.3, -0.25) is 0 Å². The molecule has 0 radical (unpaired) electrons. The van der Waals surface area contributed by atoms with Gasteiger partial charge in [0.25, 0.3) is 0 Å². The van der Waals surface area contributed by atoms with Crippen LogP contribution in [0.25, 0.3) is 0 Å². The van der Waals surface area contributed by atoms with Gasteiger partial charge in [0.1, 0.15) is 0 Å². The fourth-order valence-corrected chi connectivity index (χ4v) is 2.52. The summed E-state index contributed by atoms with van der Waals surface area (Å²) in [6.45, 7) is 3.44. The van der Waals surface area contributed by atoms with Crippen molar-refractivity contribution in [2.75, 3.05) is 6.54 Å². The second-order valence-electron chi connectivity index (χ2n) is 5.18. The van der Waals surface area contributed by atoms with Crippen molar-refractivity contribution in [1.29, 1.82) is 0 Å². The molecule has 0 heterocycles. The molecular formula is C12H23NO. The second-order valence-corrected chi connectivity index (χ2v) is 5.18. The lowest BCUT2D eigenvalue weighted by atomic mass is 9.92. The molecule has 2 rings (SSSR count). The van der Waals surface area contributed by atoms with E-state index in [1.54, 1.807) is 0 Å². The van der Waals surface area contributed by atoms with Crippen LogP contribution in [0.3, 0.4) is 0 Å². The number of aliphatic hydroxyl groups is 1. The highest BCUT2D eigenvalue weighted by Gasteiger charge is 2.29. The van der Waals surface area contributed by atoms with E-state index >= 15 is 0 Å². The maximum absolute atomic E-state index is 9.77. The van der Waals surface area contributed by atoms with Crippen LogP contribution in [-0.4, -0.2) is 23.8 Å². The fourth-order valence-electron chi connectivity index (χ4n) is 2.52. The third kappa shape index (κ3) is 2.71. The minimum Gasteiger partial charge on any atom is -0.392 e. The highest BCUT2D eigenvalue weighted by Crippen LogP contribution is 2.36. The van der Waals surface area contributed by atoms with E-state index in [4.69, 9.17) is 0 Å². The molecule has 2 N–H and O–H groups in total. The molecule has 82 valence electrons. The summed E-state index contributed by atoms with van der Waals surface area (Å²) < 4.78 is 0. The van der Waals surface area contributed by atoms with Crippen molar-refractivity contribution in [3.8, 4) is 0 Å². The Bertz CT molecular complexity index is 179. The van der Waals surface area contributed by atoms with Crippen molar-refractivity contribution in [1.82, 2.24) is 5.32 Å². The van der Waals surface area contributed by atoms with Gasteiger partial charge >= 0.3 is 0 Å². The molecule has 0 aromatic carbocycles. The van der Waals surface area contributed by atoms with Crippen LogP contribution in [0, 0.1) is 11.8 Å². The highest BCUT2D eigenvalue weighted by atomic mass is 16.3. The number of hydrogen-bond donors (Lipinski definition) is 2. The molecule has 2 saturated carbocycles. The van der Waals surface area contributed by atoms with E-state index < -0.39 is 0 Å². The normalized spacial score (nSPS) is 35.6. The van der Waals surface area contributed by atoms with E-state index in [0.29, 0.717) is 6.04 Å². The monoisotopic (exact) mass is 197 g/mol. The minimum absolute atomic E-state index is 0.0878. The number of aliphatic hydroxyl groups excluding tert-OH is 1. The van der Waals surface area contributed by atoms with Crippen LogP contribution in [0.15, 0.2) is 0 Å². The molecule has 2 heteroatoms. The molecule has 1 unspecified atom stereocenters. The number of rotatable bonds is 4. The first-order valence-electron chi connectivity index (χ1n) is 6.19. The van der Waals surface area contributed by atoms with Gasteiger partial charge in [0, 0.05) is 6.04 Å². The van der Waals surface area contributed by atoms with Crippen molar-refractivity contribution in [3.05, 3.63) is 0 Å². The summed E-state index contributed by atoms with van der Waals surface area (Å²) in [6, 6.07) is 0.380. The van der Waals surface area contributed by atoms with E-state index in [1.165, 1.54) is 32.1 Å². The van der Waals surface area contributed by atoms with E-state index in [9.17, 15) is 5.11 Å². The van der Waals surface area contributed by atoms with Gasteiger partial charge in [-0.05, 0) is 44.1 Å². The summed E-state index contributed by atoms with van der Waals surface area (Å²) in [6.07, 6.45) is 7.42. The summed E-state index contributed by atoms with van der Waals surface area (Å²) in [4.78, 5) is 0. The average Bonchev–Trinajstić information content (AvgIpc) is 2.99. The third-order valence-electron chi connectivity index (χ3n) is 3.86. The quantitative estimate of drug-likeness (QED) is 0.721. The number of hydrogen-bond acceptors (Lipinski definition) is 2. The van der Waals surface area contributed by atoms with Crippen LogP contribution < -0.4 is 5.32 Å². The SMILES string of the molecule is CC(CN[C@H]1CCCC[C@@H]1O)C1CC1. The zero-order valence-electron chi connectivity index (χ0n) is 9.21. The molecule has 0 bridgehead atoms. The summed E-state index contributed by atoms with van der Waals surface area (Å²) >= 11 is 0. The van der Waals surface area contributed by atoms with Gasteiger partial charge in [0.15, 0.2) is 0 Å². The molecule has 2 aliphatic rings. The van der Waals surface area contributed by atoms with Crippen LogP contribution in [0.5, 0.6) is 0 Å². The molecule has 0 aromatic heterocycles. The molecule has 0 saturated heterocycles. The first kappa shape index (κ1) is 10.4. The maximum Gasteiger partial charge on any atom is 0.0693 e. The minimum atomic E-state index is -0.0878. The molecule has 0 aromatic rings. The average molecular weight is 197 g/mol. The predicted molar refractivity (Wildman–Crippen MR) is 58.2 cm³/mol. The molecule has 0 aliphatic heterocycles. The molecule has 2 fully saturated rings. The van der Waals surface area contributed by atoms with Gasteiger partial charge in [-0.25, -0.2) is 0 Å². The Morgan fingerprint density at radius 2 is 1.93 bits per heavy atom. The second kappa shape index (κ2) is 4.63. The van der Waals surface area contributed by atoms with Crippen molar-refractivity contribution in [2.45, 2.75) is 57.6 Å². The largest absolute Gasteiger partial charge is 0.392 e. The Hall–Kier alpha value is -0.0800. The van der Waals surface area contributed by atoms with Crippen molar-refractivity contribution < 1.29 is 5.11 Å². The molecular weight excluding hydrogens is 174 g/mol. The van der Waals surface area contributed by atoms with Gasteiger partial charge in [-0.15, -0.1) is 0 Å². The molecule has 0 amide bonds. The van der Waals surface area contributed by atoms with Crippen LogP contribution in [0.4, 0.5) is 0 Å². The Morgan fingerprint density at radius 3 is 2.57 bits per heavy atom. The summed E-state index contributed by atoms with van der Waals surface area (Å²) in [7, 11) is 0. The van der Waals surface area contributed by atoms with Gasteiger partial charge in [0.05, 0.1) is 6.10 Å². The number of nitrogens with one attached hydrogen (secondary N) is 1. The Kier molecular flexibility index (Phi) is 3.45. The van der Waals surface area contributed by atoms with E-state index in [0.717, 1.165) is 24.8 Å². The molecule has 2 nitrogen and oxygen atoms in total. The van der Waals surface area contributed by atoms with Crippen molar-refractivity contribution in [3.63, 3.8) is 0 Å². The smallest absolute Gasteiger partial charge is 0.0693 e. The van der Waals surface area contributed by atoms with Crippen LogP contribution >= 0.6 is 0 Å². The Labute approximate surface area is 87.1 Å². The van der Waals surface area contributed by atoms with E-state index in [-0.39, 0.29) is 6.10 Å². The van der Waals surface area contributed by atoms with Crippen LogP contribution in [-0.2, 0) is 0 Å². The summed E-state index contributed by atoms with van der Waals surface area (Å²) in [5, 5.41) is 13.3. The lowest BCUT2D eigenvalue weighted by molar-refractivity contribution is 0.0887. The van der Waals surface area contributed by atoms with Crippen molar-refractivity contribution >= 4 is 0 Å². The van der Waals surface area contributed by atoms with Gasteiger partial charge in [-0.2, -0.15) is 0 Å². The van der Waals surface area contributed by atoms with Gasteiger partial charge in [-0.1, -0.05) is 19.8 Å². The molecule has 0 spiro atoms. The molecule has 14 heavy (non-hydrogen) atoms. The standard InChI is InChI=1S/C12H23NO/c1-9(10-6-7-10)8-13-11-4-2-3-5-12(11)14/h9-14H,2-8H2,1H3/t9?,11-,12-/m0/s1. The van der Waals surface area contributed by atoms with E-state index in [1.807, 2.05) is 0 Å².